The Balaban J connectivity index is 1.56. The van der Waals surface area contributed by atoms with Crippen molar-refractivity contribution in [1.82, 2.24) is 35.0 Å². The molecule has 0 amide bonds. The van der Waals surface area contributed by atoms with Gasteiger partial charge in [0.25, 0.3) is 0 Å². The van der Waals surface area contributed by atoms with Crippen LogP contribution in [0.5, 0.6) is 0 Å². The molecule has 0 aliphatic heterocycles. The van der Waals surface area contributed by atoms with Crippen LogP contribution in [0.4, 0.5) is 0 Å². The molecular weight excluding hydrogens is 394 g/mol. The lowest BCUT2D eigenvalue weighted by atomic mass is 9.87. The average molecular weight is 420 g/mol. The van der Waals surface area contributed by atoms with Gasteiger partial charge >= 0.3 is 0 Å². The quantitative estimate of drug-likeness (QED) is 0.440. The summed E-state index contributed by atoms with van der Waals surface area (Å²) in [6.45, 7) is 8.71. The Morgan fingerprint density at radius 3 is 2.27 bits per heavy atom. The molecule has 7 nitrogen and oxygen atoms in total. The van der Waals surface area contributed by atoms with Crippen LogP contribution in [0.2, 0.25) is 0 Å². The van der Waals surface area contributed by atoms with Crippen LogP contribution in [0.3, 0.4) is 0 Å². The van der Waals surface area contributed by atoms with Gasteiger partial charge in [-0.25, -0.2) is 0 Å². The van der Waals surface area contributed by atoms with E-state index >= 15 is 0 Å². The summed E-state index contributed by atoms with van der Waals surface area (Å²) < 4.78 is 3.78. The minimum atomic E-state index is -0.000720. The number of thioether (sulfide) groups is 1. The van der Waals surface area contributed by atoms with Crippen LogP contribution in [0, 0.1) is 0 Å². The summed E-state index contributed by atoms with van der Waals surface area (Å²) >= 11 is 1.59. The lowest BCUT2D eigenvalue weighted by Crippen LogP contribution is -2.10. The van der Waals surface area contributed by atoms with Gasteiger partial charge in [-0.2, -0.15) is 4.68 Å². The van der Waals surface area contributed by atoms with Gasteiger partial charge in [0.1, 0.15) is 0 Å². The number of aromatic nitrogens is 7. The minimum Gasteiger partial charge on any atom is -0.305 e. The maximum Gasteiger partial charge on any atom is 0.191 e. The van der Waals surface area contributed by atoms with Gasteiger partial charge in [0, 0.05) is 12.6 Å². The fraction of sp³-hybridized carbons (Fsp3) is 0.318. The molecule has 4 rings (SSSR count). The van der Waals surface area contributed by atoms with E-state index in [2.05, 4.69) is 77.7 Å². The molecule has 0 saturated carbocycles. The first-order valence-corrected chi connectivity index (χ1v) is 10.7. The zero-order valence-electron chi connectivity index (χ0n) is 17.8. The van der Waals surface area contributed by atoms with E-state index in [-0.39, 0.29) is 10.7 Å². The van der Waals surface area contributed by atoms with E-state index < -0.39 is 0 Å². The highest BCUT2D eigenvalue weighted by atomic mass is 32.2. The third kappa shape index (κ3) is 4.00. The van der Waals surface area contributed by atoms with Gasteiger partial charge in [0.05, 0.1) is 10.9 Å². The van der Waals surface area contributed by atoms with Crippen molar-refractivity contribution < 1.29 is 0 Å². The first-order valence-electron chi connectivity index (χ1n) is 9.85. The van der Waals surface area contributed by atoms with Gasteiger partial charge in [-0.3, -0.25) is 0 Å². The smallest absolute Gasteiger partial charge is 0.191 e. The van der Waals surface area contributed by atoms with Crippen LogP contribution in [0.15, 0.2) is 59.8 Å². The Bertz CT molecular complexity index is 1120. The van der Waals surface area contributed by atoms with Crippen molar-refractivity contribution in [2.45, 2.75) is 43.5 Å². The summed E-state index contributed by atoms with van der Waals surface area (Å²) in [4.78, 5) is 0. The normalized spacial score (nSPS) is 12.8. The maximum atomic E-state index is 4.43. The van der Waals surface area contributed by atoms with Crippen molar-refractivity contribution in [3.05, 3.63) is 66.0 Å². The second-order valence-electron chi connectivity index (χ2n) is 8.24. The minimum absolute atomic E-state index is 0.000720. The molecule has 0 saturated heterocycles. The molecule has 0 radical (unpaired) electrons. The first kappa shape index (κ1) is 20.3. The van der Waals surface area contributed by atoms with Gasteiger partial charge in [-0.1, -0.05) is 75.0 Å². The van der Waals surface area contributed by atoms with Crippen LogP contribution in [-0.4, -0.2) is 35.0 Å². The van der Waals surface area contributed by atoms with Crippen LogP contribution >= 0.6 is 11.8 Å². The Hall–Kier alpha value is -3.00. The molecule has 4 aromatic rings. The zero-order chi connectivity index (χ0) is 21.3. The van der Waals surface area contributed by atoms with E-state index in [9.17, 15) is 0 Å². The van der Waals surface area contributed by atoms with Crippen LogP contribution in [0.25, 0.3) is 17.1 Å². The summed E-state index contributed by atoms with van der Waals surface area (Å²) in [6, 6.07) is 18.4. The van der Waals surface area contributed by atoms with E-state index in [4.69, 9.17) is 0 Å². The lowest BCUT2D eigenvalue weighted by molar-refractivity contribution is 0.590. The van der Waals surface area contributed by atoms with Gasteiger partial charge in [-0.15, -0.1) is 15.3 Å². The molecule has 2 aromatic carbocycles. The molecule has 2 heterocycles. The van der Waals surface area contributed by atoms with Gasteiger partial charge < -0.3 is 4.57 Å². The molecule has 1 atom stereocenters. The van der Waals surface area contributed by atoms with Gasteiger partial charge in [-0.05, 0) is 40.5 Å². The summed E-state index contributed by atoms with van der Waals surface area (Å²) in [5.74, 6) is 1.61. The van der Waals surface area contributed by atoms with E-state index in [1.807, 2.05) is 41.9 Å². The molecular formula is C22H25N7S. The fourth-order valence-electron chi connectivity index (χ4n) is 3.20. The van der Waals surface area contributed by atoms with Crippen LogP contribution in [-0.2, 0) is 12.5 Å². The largest absolute Gasteiger partial charge is 0.305 e. The number of hydrogen-bond acceptors (Lipinski definition) is 6. The number of rotatable bonds is 5. The maximum absolute atomic E-state index is 4.43. The van der Waals surface area contributed by atoms with E-state index in [1.54, 1.807) is 16.4 Å². The molecule has 30 heavy (non-hydrogen) atoms. The van der Waals surface area contributed by atoms with Gasteiger partial charge in [0.2, 0.25) is 0 Å². The highest BCUT2D eigenvalue weighted by Crippen LogP contribution is 2.34. The predicted octanol–water partition coefficient (Wildman–Crippen LogP) is 4.61. The molecule has 0 aliphatic rings. The third-order valence-electron chi connectivity index (χ3n) is 4.98. The molecule has 2 aromatic heterocycles. The SMILES string of the molecule is C[C@@H](Sc1nnc(-c2ccc(C(C)(C)C)cc2)n1C)c1nnnn1-c1ccccc1. The molecule has 0 unspecified atom stereocenters. The second kappa shape index (κ2) is 8.02. The highest BCUT2D eigenvalue weighted by Gasteiger charge is 2.21. The average Bonchev–Trinajstić information content (AvgIpc) is 3.36. The van der Waals surface area contributed by atoms with Crippen LogP contribution < -0.4 is 0 Å². The topological polar surface area (TPSA) is 74.3 Å². The van der Waals surface area contributed by atoms with Crippen molar-refractivity contribution in [3.63, 3.8) is 0 Å². The summed E-state index contributed by atoms with van der Waals surface area (Å²) in [7, 11) is 1.99. The number of tetrazole rings is 1. The van der Waals surface area contributed by atoms with Crippen molar-refractivity contribution >= 4 is 11.8 Å². The predicted molar refractivity (Wildman–Crippen MR) is 119 cm³/mol. The number of para-hydroxylation sites is 1. The van der Waals surface area contributed by atoms with Crippen molar-refractivity contribution in [2.75, 3.05) is 0 Å². The Morgan fingerprint density at radius 1 is 0.900 bits per heavy atom. The summed E-state index contributed by atoms with van der Waals surface area (Å²) in [5.41, 5.74) is 3.40. The molecule has 0 spiro atoms. The Kier molecular flexibility index (Phi) is 5.42. The fourth-order valence-corrected chi connectivity index (χ4v) is 4.10. The standard InChI is InChI=1S/C22H25N7S/c1-15(19-24-26-27-29(19)18-9-7-6-8-10-18)30-21-25-23-20(28(21)5)16-11-13-17(14-12-16)22(2,3)4/h6-15H,1-5H3/t15-/m1/s1. The number of benzene rings is 2. The number of hydrogen-bond donors (Lipinski definition) is 0. The second-order valence-corrected chi connectivity index (χ2v) is 9.55. The van der Waals surface area contributed by atoms with E-state index in [1.165, 1.54) is 5.56 Å². The highest BCUT2D eigenvalue weighted by molar-refractivity contribution is 7.99. The van der Waals surface area contributed by atoms with Crippen LogP contribution in [0.1, 0.15) is 44.3 Å². The van der Waals surface area contributed by atoms with E-state index in [0.717, 1.165) is 28.1 Å². The monoisotopic (exact) mass is 419 g/mol. The summed E-state index contributed by atoms with van der Waals surface area (Å²) in [5, 5.41) is 21.9. The molecule has 154 valence electrons. The van der Waals surface area contributed by atoms with Gasteiger partial charge in [0.15, 0.2) is 16.8 Å². The third-order valence-corrected chi connectivity index (χ3v) is 6.11. The van der Waals surface area contributed by atoms with Crippen molar-refractivity contribution in [1.29, 1.82) is 0 Å². The molecule has 0 N–H and O–H groups in total. The molecule has 8 heteroatoms. The molecule has 0 fully saturated rings. The zero-order valence-corrected chi connectivity index (χ0v) is 18.6. The number of nitrogens with zero attached hydrogens (tertiary/aromatic N) is 7. The Morgan fingerprint density at radius 2 is 1.60 bits per heavy atom. The molecule has 0 aliphatic carbocycles. The van der Waals surface area contributed by atoms with E-state index in [0.29, 0.717) is 0 Å². The Labute approximate surface area is 180 Å². The first-order chi connectivity index (χ1) is 14.3. The lowest BCUT2D eigenvalue weighted by Gasteiger charge is -2.19. The van der Waals surface area contributed by atoms with Crippen molar-refractivity contribution in [3.8, 4) is 17.1 Å². The molecule has 0 bridgehead atoms. The summed E-state index contributed by atoms with van der Waals surface area (Å²) in [6.07, 6.45) is 0. The van der Waals surface area contributed by atoms with Crippen molar-refractivity contribution in [2.24, 2.45) is 7.05 Å².